The summed E-state index contributed by atoms with van der Waals surface area (Å²) in [6.07, 6.45) is 0.997. The molecule has 3 aromatic rings. The van der Waals surface area contributed by atoms with Crippen molar-refractivity contribution in [3.8, 4) is 0 Å². The van der Waals surface area contributed by atoms with E-state index in [1.54, 1.807) is 12.1 Å². The molecule has 2 aromatic carbocycles. The summed E-state index contributed by atoms with van der Waals surface area (Å²) in [6, 6.07) is 13.1. The number of halogens is 1. The van der Waals surface area contributed by atoms with Gasteiger partial charge in [0, 0.05) is 25.2 Å². The van der Waals surface area contributed by atoms with E-state index in [0.29, 0.717) is 0 Å². The van der Waals surface area contributed by atoms with Crippen LogP contribution in [0.2, 0.25) is 0 Å². The highest BCUT2D eigenvalue weighted by Crippen LogP contribution is 2.36. The lowest BCUT2D eigenvalue weighted by atomic mass is 9.90. The van der Waals surface area contributed by atoms with Crippen LogP contribution < -0.4 is 5.32 Å². The first-order valence-electron chi connectivity index (χ1n) is 7.19. The molecular formula is C17H16FN3. The van der Waals surface area contributed by atoms with E-state index in [-0.39, 0.29) is 11.7 Å². The molecule has 1 aromatic heterocycles. The Bertz CT molecular complexity index is 822. The molecule has 0 saturated carbocycles. The molecule has 4 rings (SSSR count). The molecule has 1 N–H and O–H groups in total. The highest BCUT2D eigenvalue weighted by molar-refractivity contribution is 5.76. The van der Waals surface area contributed by atoms with E-state index in [4.69, 9.17) is 4.98 Å². The Hall–Kier alpha value is -2.36. The molecule has 0 saturated heterocycles. The molecule has 0 aliphatic carbocycles. The van der Waals surface area contributed by atoms with Gasteiger partial charge in [0.2, 0.25) is 0 Å². The molecule has 0 bridgehead atoms. The van der Waals surface area contributed by atoms with Crippen LogP contribution >= 0.6 is 0 Å². The predicted octanol–water partition coefficient (Wildman–Crippen LogP) is 3.66. The molecule has 106 valence electrons. The van der Waals surface area contributed by atoms with Crippen LogP contribution in [0.4, 0.5) is 10.1 Å². The third-order valence-corrected chi connectivity index (χ3v) is 4.27. The fourth-order valence-electron chi connectivity index (χ4n) is 3.23. The Morgan fingerprint density at radius 3 is 3.00 bits per heavy atom. The smallest absolute Gasteiger partial charge is 0.125 e. The summed E-state index contributed by atoms with van der Waals surface area (Å²) >= 11 is 0. The number of anilines is 1. The van der Waals surface area contributed by atoms with Gasteiger partial charge in [-0.15, -0.1) is 0 Å². The second kappa shape index (κ2) is 4.58. The molecule has 0 fully saturated rings. The Kier molecular flexibility index (Phi) is 2.70. The van der Waals surface area contributed by atoms with Gasteiger partial charge < -0.3 is 9.88 Å². The van der Waals surface area contributed by atoms with E-state index in [1.807, 2.05) is 17.7 Å². The molecule has 3 nitrogen and oxygen atoms in total. The lowest BCUT2D eigenvalue weighted by Crippen LogP contribution is -2.19. The normalized spacial score (nSPS) is 17.5. The minimum atomic E-state index is -0.220. The predicted molar refractivity (Wildman–Crippen MR) is 82.1 cm³/mol. The lowest BCUT2D eigenvalue weighted by Gasteiger charge is -2.26. The van der Waals surface area contributed by atoms with Gasteiger partial charge in [-0.3, -0.25) is 0 Å². The summed E-state index contributed by atoms with van der Waals surface area (Å²) in [4.78, 5) is 4.74. The monoisotopic (exact) mass is 281 g/mol. The lowest BCUT2D eigenvalue weighted by molar-refractivity contribution is 0.627. The van der Waals surface area contributed by atoms with Gasteiger partial charge in [0.25, 0.3) is 0 Å². The molecule has 1 aliphatic rings. The van der Waals surface area contributed by atoms with Gasteiger partial charge in [0.15, 0.2) is 0 Å². The zero-order valence-corrected chi connectivity index (χ0v) is 11.8. The molecule has 0 spiro atoms. The first-order valence-corrected chi connectivity index (χ1v) is 7.19. The van der Waals surface area contributed by atoms with Gasteiger partial charge in [0.1, 0.15) is 11.6 Å². The number of imidazole rings is 1. The van der Waals surface area contributed by atoms with Crippen LogP contribution in [0.15, 0.2) is 42.5 Å². The molecule has 4 heteroatoms. The summed E-state index contributed by atoms with van der Waals surface area (Å²) in [6.45, 7) is 0.930. The number of benzene rings is 2. The topological polar surface area (TPSA) is 29.9 Å². The maximum absolute atomic E-state index is 13.5. The number of para-hydroxylation sites is 1. The fraction of sp³-hybridized carbons (Fsp3) is 0.235. The van der Waals surface area contributed by atoms with Crippen LogP contribution in [-0.4, -0.2) is 16.1 Å². The second-order valence-corrected chi connectivity index (χ2v) is 5.52. The zero-order valence-electron chi connectivity index (χ0n) is 11.8. The quantitative estimate of drug-likeness (QED) is 0.737. The van der Waals surface area contributed by atoms with Crippen molar-refractivity contribution >= 4 is 16.7 Å². The summed E-state index contributed by atoms with van der Waals surface area (Å²) in [5, 5.41) is 3.43. The number of hydrogen-bond acceptors (Lipinski definition) is 2. The number of aryl methyl sites for hydroxylation is 1. The molecule has 0 radical (unpaired) electrons. The molecule has 21 heavy (non-hydrogen) atoms. The Labute approximate surface area is 122 Å². The maximum Gasteiger partial charge on any atom is 0.125 e. The first-order chi connectivity index (χ1) is 10.2. The van der Waals surface area contributed by atoms with E-state index in [1.165, 1.54) is 17.3 Å². The van der Waals surface area contributed by atoms with E-state index in [0.717, 1.165) is 29.8 Å². The van der Waals surface area contributed by atoms with Crippen LogP contribution in [0.5, 0.6) is 0 Å². The second-order valence-electron chi connectivity index (χ2n) is 5.52. The molecule has 1 atom stereocenters. The Morgan fingerprint density at radius 1 is 1.24 bits per heavy atom. The average molecular weight is 281 g/mol. The van der Waals surface area contributed by atoms with Gasteiger partial charge in [0.05, 0.1) is 11.0 Å². The maximum atomic E-state index is 13.5. The fourth-order valence-corrected chi connectivity index (χ4v) is 3.23. The summed E-state index contributed by atoms with van der Waals surface area (Å²) in [5.41, 5.74) is 4.14. The van der Waals surface area contributed by atoms with E-state index < -0.39 is 0 Å². The van der Waals surface area contributed by atoms with Gasteiger partial charge in [-0.1, -0.05) is 18.2 Å². The third-order valence-electron chi connectivity index (χ3n) is 4.27. The highest BCUT2D eigenvalue weighted by Gasteiger charge is 2.25. The van der Waals surface area contributed by atoms with Gasteiger partial charge in [-0.2, -0.15) is 0 Å². The Morgan fingerprint density at radius 2 is 2.10 bits per heavy atom. The zero-order chi connectivity index (χ0) is 14.4. The van der Waals surface area contributed by atoms with Crippen LogP contribution in [0, 0.1) is 5.82 Å². The molecule has 1 aliphatic heterocycles. The van der Waals surface area contributed by atoms with Crippen molar-refractivity contribution in [1.82, 2.24) is 9.55 Å². The SMILES string of the molecule is Cn1c(C2CCNc3ccccc32)nc2ccc(F)cc21. The van der Waals surface area contributed by atoms with E-state index in [9.17, 15) is 4.39 Å². The number of hydrogen-bond donors (Lipinski definition) is 1. The number of rotatable bonds is 1. The number of nitrogens with zero attached hydrogens (tertiary/aromatic N) is 2. The van der Waals surface area contributed by atoms with Crippen molar-refractivity contribution in [2.75, 3.05) is 11.9 Å². The van der Waals surface area contributed by atoms with Crippen molar-refractivity contribution in [3.05, 3.63) is 59.7 Å². The minimum Gasteiger partial charge on any atom is -0.385 e. The van der Waals surface area contributed by atoms with E-state index >= 15 is 0 Å². The summed E-state index contributed by atoms with van der Waals surface area (Å²) < 4.78 is 15.5. The van der Waals surface area contributed by atoms with Crippen LogP contribution in [0.3, 0.4) is 0 Å². The van der Waals surface area contributed by atoms with Crippen molar-refractivity contribution in [2.45, 2.75) is 12.3 Å². The Balaban J connectivity index is 1.90. The van der Waals surface area contributed by atoms with E-state index in [2.05, 4.69) is 23.5 Å². The third kappa shape index (κ3) is 1.90. The molecule has 0 amide bonds. The standard InChI is InChI=1S/C17H16FN3/c1-21-16-10-11(18)6-7-15(16)20-17(21)13-8-9-19-14-5-3-2-4-12(13)14/h2-7,10,13,19H,8-9H2,1H3. The summed E-state index contributed by atoms with van der Waals surface area (Å²) in [5.74, 6) is 1.04. The number of nitrogens with one attached hydrogen (secondary N) is 1. The van der Waals surface area contributed by atoms with Gasteiger partial charge >= 0.3 is 0 Å². The van der Waals surface area contributed by atoms with Crippen LogP contribution in [0.1, 0.15) is 23.7 Å². The molecular weight excluding hydrogens is 265 g/mol. The van der Waals surface area contributed by atoms with Gasteiger partial charge in [-0.25, -0.2) is 9.37 Å². The largest absolute Gasteiger partial charge is 0.385 e. The average Bonchev–Trinajstić information content (AvgIpc) is 2.83. The first kappa shape index (κ1) is 12.4. The van der Waals surface area contributed by atoms with Crippen LogP contribution in [-0.2, 0) is 7.05 Å². The van der Waals surface area contributed by atoms with Crippen molar-refractivity contribution in [1.29, 1.82) is 0 Å². The number of fused-ring (bicyclic) bond motifs is 2. The van der Waals surface area contributed by atoms with Crippen molar-refractivity contribution in [3.63, 3.8) is 0 Å². The number of aromatic nitrogens is 2. The molecule has 2 heterocycles. The minimum absolute atomic E-state index is 0.220. The summed E-state index contributed by atoms with van der Waals surface area (Å²) in [7, 11) is 1.97. The van der Waals surface area contributed by atoms with Gasteiger partial charge in [-0.05, 0) is 36.2 Å². The van der Waals surface area contributed by atoms with Crippen molar-refractivity contribution in [2.24, 2.45) is 7.05 Å². The highest BCUT2D eigenvalue weighted by atomic mass is 19.1. The van der Waals surface area contributed by atoms with Crippen molar-refractivity contribution < 1.29 is 4.39 Å². The van der Waals surface area contributed by atoms with Crippen LogP contribution in [0.25, 0.3) is 11.0 Å². The molecule has 1 unspecified atom stereocenters.